The normalized spacial score (nSPS) is 31.6. The molecule has 2 saturated heterocycles. The molecule has 0 amide bonds. The number of rotatable bonds is 3. The van der Waals surface area contributed by atoms with Crippen LogP contribution in [-0.2, 0) is 4.79 Å². The van der Waals surface area contributed by atoms with Gasteiger partial charge in [0.1, 0.15) is 5.82 Å². The highest BCUT2D eigenvalue weighted by molar-refractivity contribution is 5.71. The fourth-order valence-corrected chi connectivity index (χ4v) is 3.73. The summed E-state index contributed by atoms with van der Waals surface area (Å²) < 4.78 is 13.3. The second-order valence-electron chi connectivity index (χ2n) is 5.54. The molecule has 0 aromatic carbocycles. The van der Waals surface area contributed by atoms with E-state index in [0.717, 1.165) is 18.4 Å². The monoisotopic (exact) mass is 264 g/mol. The fourth-order valence-electron chi connectivity index (χ4n) is 3.73. The van der Waals surface area contributed by atoms with Crippen molar-refractivity contribution < 1.29 is 14.3 Å². The van der Waals surface area contributed by atoms with Crippen LogP contribution in [0.5, 0.6) is 0 Å². The number of pyridine rings is 1. The highest BCUT2D eigenvalue weighted by atomic mass is 19.1. The van der Waals surface area contributed by atoms with E-state index in [2.05, 4.69) is 9.88 Å². The second kappa shape index (κ2) is 4.56. The Morgan fingerprint density at radius 3 is 2.95 bits per heavy atom. The zero-order chi connectivity index (χ0) is 13.6. The number of nitrogens with zero attached hydrogens (tertiary/aromatic N) is 2. The number of aliphatic carboxylic acids is 1. The predicted molar refractivity (Wildman–Crippen MR) is 67.0 cm³/mol. The molecule has 102 valence electrons. The molecule has 2 fully saturated rings. The summed E-state index contributed by atoms with van der Waals surface area (Å²) in [6, 6.07) is 1.90. The molecule has 2 bridgehead atoms. The molecule has 1 N–H and O–H groups in total. The number of hydrogen-bond acceptors (Lipinski definition) is 3. The molecule has 4 atom stereocenters. The Bertz CT molecular complexity index is 508. The number of fused-ring (bicyclic) bond motifs is 2. The summed E-state index contributed by atoms with van der Waals surface area (Å²) in [7, 11) is 0. The van der Waals surface area contributed by atoms with Gasteiger partial charge in [-0.25, -0.2) is 4.39 Å². The Morgan fingerprint density at radius 2 is 2.32 bits per heavy atom. The van der Waals surface area contributed by atoms with E-state index >= 15 is 0 Å². The maximum atomic E-state index is 13.3. The number of carboxylic acids is 1. The summed E-state index contributed by atoms with van der Waals surface area (Å²) in [5.74, 6) is -1.32. The first kappa shape index (κ1) is 12.5. The SMILES string of the molecule is CC(c1cncc(F)c1)N1C2CCC1C(C(=O)O)C2. The number of aromatic nitrogens is 1. The Balaban J connectivity index is 1.85. The van der Waals surface area contributed by atoms with Crippen LogP contribution in [0, 0.1) is 11.7 Å². The summed E-state index contributed by atoms with van der Waals surface area (Å²) in [6.45, 7) is 2.01. The number of carboxylic acid groups (broad SMARTS) is 1. The first-order valence-electron chi connectivity index (χ1n) is 6.68. The molecule has 0 radical (unpaired) electrons. The summed E-state index contributed by atoms with van der Waals surface area (Å²) in [4.78, 5) is 17.4. The van der Waals surface area contributed by atoms with Crippen LogP contribution in [0.3, 0.4) is 0 Å². The third-order valence-electron chi connectivity index (χ3n) is 4.56. The number of halogens is 1. The molecule has 2 aliphatic rings. The van der Waals surface area contributed by atoms with E-state index in [0.29, 0.717) is 12.5 Å². The molecule has 4 nitrogen and oxygen atoms in total. The van der Waals surface area contributed by atoms with E-state index < -0.39 is 5.97 Å². The maximum absolute atomic E-state index is 13.3. The van der Waals surface area contributed by atoms with Crippen molar-refractivity contribution in [3.63, 3.8) is 0 Å². The van der Waals surface area contributed by atoms with Crippen LogP contribution in [0.4, 0.5) is 4.39 Å². The van der Waals surface area contributed by atoms with Crippen LogP contribution < -0.4 is 0 Å². The van der Waals surface area contributed by atoms with E-state index in [-0.39, 0.29) is 23.8 Å². The molecular weight excluding hydrogens is 247 g/mol. The van der Waals surface area contributed by atoms with Gasteiger partial charge in [-0.1, -0.05) is 0 Å². The molecule has 2 aliphatic heterocycles. The highest BCUT2D eigenvalue weighted by Gasteiger charge is 2.50. The van der Waals surface area contributed by atoms with Gasteiger partial charge in [-0.15, -0.1) is 0 Å². The lowest BCUT2D eigenvalue weighted by molar-refractivity contribution is -0.142. The largest absolute Gasteiger partial charge is 0.481 e. The lowest BCUT2D eigenvalue weighted by atomic mass is 9.89. The molecule has 0 aliphatic carbocycles. The van der Waals surface area contributed by atoms with E-state index in [1.807, 2.05) is 6.92 Å². The van der Waals surface area contributed by atoms with Crippen molar-refractivity contribution in [3.05, 3.63) is 29.8 Å². The van der Waals surface area contributed by atoms with E-state index in [9.17, 15) is 14.3 Å². The van der Waals surface area contributed by atoms with Gasteiger partial charge >= 0.3 is 5.97 Å². The highest BCUT2D eigenvalue weighted by Crippen LogP contribution is 2.46. The van der Waals surface area contributed by atoms with Crippen molar-refractivity contribution in [3.8, 4) is 0 Å². The first-order valence-corrected chi connectivity index (χ1v) is 6.68. The van der Waals surface area contributed by atoms with Gasteiger partial charge in [0.2, 0.25) is 0 Å². The molecular formula is C14H17FN2O2. The Labute approximate surface area is 111 Å². The minimum atomic E-state index is -0.707. The average molecular weight is 264 g/mol. The van der Waals surface area contributed by atoms with E-state index in [1.54, 1.807) is 6.20 Å². The zero-order valence-electron chi connectivity index (χ0n) is 10.8. The van der Waals surface area contributed by atoms with Crippen LogP contribution in [0.1, 0.15) is 37.8 Å². The third kappa shape index (κ3) is 2.02. The Hall–Kier alpha value is -1.49. The quantitative estimate of drug-likeness (QED) is 0.909. The molecule has 19 heavy (non-hydrogen) atoms. The molecule has 3 rings (SSSR count). The Kier molecular flexibility index (Phi) is 3.01. The number of hydrogen-bond donors (Lipinski definition) is 1. The molecule has 4 unspecified atom stereocenters. The van der Waals surface area contributed by atoms with Crippen molar-refractivity contribution in [1.29, 1.82) is 0 Å². The lowest BCUT2D eigenvalue weighted by Gasteiger charge is -2.29. The van der Waals surface area contributed by atoms with Crippen molar-refractivity contribution in [2.24, 2.45) is 5.92 Å². The topological polar surface area (TPSA) is 53.4 Å². The van der Waals surface area contributed by atoms with Crippen molar-refractivity contribution in [1.82, 2.24) is 9.88 Å². The van der Waals surface area contributed by atoms with Crippen molar-refractivity contribution >= 4 is 5.97 Å². The Morgan fingerprint density at radius 1 is 1.53 bits per heavy atom. The molecule has 5 heteroatoms. The van der Waals surface area contributed by atoms with Gasteiger partial charge in [0.25, 0.3) is 0 Å². The summed E-state index contributed by atoms with van der Waals surface area (Å²) in [5.41, 5.74) is 0.822. The van der Waals surface area contributed by atoms with Crippen LogP contribution in [0.25, 0.3) is 0 Å². The van der Waals surface area contributed by atoms with E-state index in [4.69, 9.17) is 0 Å². The predicted octanol–water partition coefficient (Wildman–Crippen LogP) is 2.22. The molecule has 1 aromatic heterocycles. The van der Waals surface area contributed by atoms with Gasteiger partial charge in [0, 0.05) is 24.3 Å². The van der Waals surface area contributed by atoms with Gasteiger partial charge in [0.15, 0.2) is 0 Å². The van der Waals surface area contributed by atoms with Gasteiger partial charge in [-0.2, -0.15) is 0 Å². The summed E-state index contributed by atoms with van der Waals surface area (Å²) in [6.07, 6.45) is 5.54. The van der Waals surface area contributed by atoms with Crippen molar-refractivity contribution in [2.75, 3.05) is 0 Å². The molecule has 1 aromatic rings. The number of carbonyl (C=O) groups is 1. The molecule has 0 spiro atoms. The average Bonchev–Trinajstić information content (AvgIpc) is 2.95. The standard InChI is InChI=1S/C14H17FN2O2/c1-8(9-4-10(15)7-16-6-9)17-11-2-3-13(17)12(5-11)14(18)19/h4,6-8,11-13H,2-3,5H2,1H3,(H,18,19). The van der Waals surface area contributed by atoms with Crippen LogP contribution >= 0.6 is 0 Å². The zero-order valence-corrected chi connectivity index (χ0v) is 10.8. The molecule has 3 heterocycles. The fraction of sp³-hybridized carbons (Fsp3) is 0.571. The third-order valence-corrected chi connectivity index (χ3v) is 4.56. The summed E-state index contributed by atoms with van der Waals surface area (Å²) in [5, 5.41) is 9.25. The lowest BCUT2D eigenvalue weighted by Crippen LogP contribution is -2.35. The van der Waals surface area contributed by atoms with Crippen LogP contribution in [0.2, 0.25) is 0 Å². The van der Waals surface area contributed by atoms with Gasteiger partial charge in [-0.05, 0) is 37.8 Å². The second-order valence-corrected chi connectivity index (χ2v) is 5.54. The summed E-state index contributed by atoms with van der Waals surface area (Å²) >= 11 is 0. The van der Waals surface area contributed by atoms with Gasteiger partial charge < -0.3 is 5.11 Å². The smallest absolute Gasteiger partial charge is 0.308 e. The maximum Gasteiger partial charge on any atom is 0.308 e. The van der Waals surface area contributed by atoms with Crippen LogP contribution in [0.15, 0.2) is 18.5 Å². The van der Waals surface area contributed by atoms with Crippen molar-refractivity contribution in [2.45, 2.75) is 44.3 Å². The minimum absolute atomic E-state index is 0.0186. The first-order chi connectivity index (χ1) is 9.08. The van der Waals surface area contributed by atoms with Gasteiger partial charge in [-0.3, -0.25) is 14.7 Å². The molecule has 0 saturated carbocycles. The van der Waals surface area contributed by atoms with Crippen LogP contribution in [-0.4, -0.2) is 33.0 Å². The van der Waals surface area contributed by atoms with Gasteiger partial charge in [0.05, 0.1) is 12.1 Å². The minimum Gasteiger partial charge on any atom is -0.481 e. The van der Waals surface area contributed by atoms with E-state index in [1.165, 1.54) is 12.3 Å².